The van der Waals surface area contributed by atoms with E-state index >= 15 is 0 Å². The van der Waals surface area contributed by atoms with Crippen molar-refractivity contribution in [3.8, 4) is 11.5 Å². The Morgan fingerprint density at radius 1 is 0.951 bits per heavy atom. The van der Waals surface area contributed by atoms with Crippen LogP contribution in [0.25, 0.3) is 0 Å². The van der Waals surface area contributed by atoms with E-state index in [1.54, 1.807) is 7.11 Å². The summed E-state index contributed by atoms with van der Waals surface area (Å²) in [4.78, 5) is 25.9. The number of alkyl carbamates (subject to hydrolysis) is 2. The van der Waals surface area contributed by atoms with Gasteiger partial charge in [-0.3, -0.25) is 0 Å². The predicted molar refractivity (Wildman–Crippen MR) is 158 cm³/mol. The third kappa shape index (κ3) is 9.03. The zero-order chi connectivity index (χ0) is 29.2. The molecule has 2 fully saturated rings. The summed E-state index contributed by atoms with van der Waals surface area (Å²) in [5.41, 5.74) is 1.67. The van der Waals surface area contributed by atoms with Gasteiger partial charge in [-0.1, -0.05) is 63.6 Å². The standard InChI is InChI=1S/C33H46N2O6/c1-22(2)27-16-14-23(3)18-30(27)41-33(37)35-28(20-34-32(36)39-21-24-10-6-5-7-11-24)25-15-17-29(38-4)31(19-25)40-26-12-8-9-13-26/h5-7,10-11,15,17,19,22-23,26-28,30H,8-9,12-14,16,18,20-21H2,1-4H3,(H,34,36)(H,35,37). The first-order chi connectivity index (χ1) is 19.8. The van der Waals surface area contributed by atoms with Crippen LogP contribution in [0, 0.1) is 17.8 Å². The monoisotopic (exact) mass is 566 g/mol. The van der Waals surface area contributed by atoms with Gasteiger partial charge in [0.25, 0.3) is 0 Å². The Kier molecular flexibility index (Phi) is 11.2. The van der Waals surface area contributed by atoms with E-state index in [-0.39, 0.29) is 25.4 Å². The summed E-state index contributed by atoms with van der Waals surface area (Å²) in [6.07, 6.45) is 6.31. The third-order valence-corrected chi connectivity index (χ3v) is 8.36. The van der Waals surface area contributed by atoms with E-state index in [1.165, 1.54) is 0 Å². The van der Waals surface area contributed by atoms with E-state index in [4.69, 9.17) is 18.9 Å². The van der Waals surface area contributed by atoms with Crippen molar-refractivity contribution < 1.29 is 28.5 Å². The first kappa shape index (κ1) is 30.5. The molecule has 2 aromatic rings. The molecule has 2 N–H and O–H groups in total. The maximum Gasteiger partial charge on any atom is 0.407 e. The molecular weight excluding hydrogens is 520 g/mol. The number of carbonyl (C=O) groups excluding carboxylic acids is 2. The molecule has 0 radical (unpaired) electrons. The van der Waals surface area contributed by atoms with Crippen LogP contribution >= 0.6 is 0 Å². The van der Waals surface area contributed by atoms with Gasteiger partial charge in [-0.15, -0.1) is 0 Å². The zero-order valence-electron chi connectivity index (χ0n) is 24.9. The zero-order valence-corrected chi connectivity index (χ0v) is 24.9. The number of benzene rings is 2. The van der Waals surface area contributed by atoms with E-state index in [1.807, 2.05) is 48.5 Å². The third-order valence-electron chi connectivity index (χ3n) is 8.36. The van der Waals surface area contributed by atoms with Gasteiger partial charge in [0.15, 0.2) is 11.5 Å². The van der Waals surface area contributed by atoms with Gasteiger partial charge in [-0.2, -0.15) is 0 Å². The van der Waals surface area contributed by atoms with Crippen LogP contribution in [0.1, 0.15) is 82.9 Å². The second kappa shape index (κ2) is 15.0. The minimum absolute atomic E-state index is 0.118. The smallest absolute Gasteiger partial charge is 0.407 e. The molecule has 0 bridgehead atoms. The fourth-order valence-electron chi connectivity index (χ4n) is 5.96. The second-order valence-electron chi connectivity index (χ2n) is 11.8. The van der Waals surface area contributed by atoms with E-state index in [9.17, 15) is 9.59 Å². The van der Waals surface area contributed by atoms with Gasteiger partial charge < -0.3 is 29.6 Å². The Bertz CT molecular complexity index is 1120. The molecule has 8 heteroatoms. The van der Waals surface area contributed by atoms with E-state index in [0.717, 1.165) is 56.1 Å². The molecule has 4 rings (SSSR count). The first-order valence-electron chi connectivity index (χ1n) is 15.1. The highest BCUT2D eigenvalue weighted by atomic mass is 16.6. The summed E-state index contributed by atoms with van der Waals surface area (Å²) in [5.74, 6) is 2.53. The summed E-state index contributed by atoms with van der Waals surface area (Å²) < 4.78 is 23.3. The molecule has 4 unspecified atom stereocenters. The lowest BCUT2D eigenvalue weighted by molar-refractivity contribution is 0.00487. The number of hydrogen-bond acceptors (Lipinski definition) is 6. The number of hydrogen-bond donors (Lipinski definition) is 2. The van der Waals surface area contributed by atoms with Crippen molar-refractivity contribution in [3.05, 3.63) is 59.7 Å². The van der Waals surface area contributed by atoms with Gasteiger partial charge in [-0.25, -0.2) is 9.59 Å². The Morgan fingerprint density at radius 3 is 2.41 bits per heavy atom. The SMILES string of the molecule is COc1ccc(C(CNC(=O)OCc2ccccc2)NC(=O)OC2CC(C)CCC2C(C)C)cc1OC1CCCC1. The normalized spacial score (nSPS) is 21.6. The summed E-state index contributed by atoms with van der Waals surface area (Å²) in [7, 11) is 1.62. The Morgan fingerprint density at radius 2 is 1.71 bits per heavy atom. The van der Waals surface area contributed by atoms with Crippen molar-refractivity contribution in [2.75, 3.05) is 13.7 Å². The van der Waals surface area contributed by atoms with Crippen molar-refractivity contribution in [1.82, 2.24) is 10.6 Å². The highest BCUT2D eigenvalue weighted by molar-refractivity contribution is 5.69. The second-order valence-corrected chi connectivity index (χ2v) is 11.8. The fraction of sp³-hybridized carbons (Fsp3) is 0.576. The molecule has 0 aromatic heterocycles. The predicted octanol–water partition coefficient (Wildman–Crippen LogP) is 7.17. The van der Waals surface area contributed by atoms with E-state index in [2.05, 4.69) is 31.4 Å². The Balaban J connectivity index is 1.47. The fourth-order valence-corrected chi connectivity index (χ4v) is 5.96. The lowest BCUT2D eigenvalue weighted by Gasteiger charge is -2.37. The number of amides is 2. The van der Waals surface area contributed by atoms with Gasteiger partial charge in [-0.05, 0) is 79.5 Å². The van der Waals surface area contributed by atoms with Crippen LogP contribution in [0.4, 0.5) is 9.59 Å². The van der Waals surface area contributed by atoms with Crippen LogP contribution in [0.5, 0.6) is 11.5 Å². The van der Waals surface area contributed by atoms with Crippen LogP contribution in [0.3, 0.4) is 0 Å². The molecule has 2 amide bonds. The molecule has 2 aliphatic carbocycles. The van der Waals surface area contributed by atoms with Crippen LogP contribution < -0.4 is 20.1 Å². The maximum absolute atomic E-state index is 13.3. The maximum atomic E-state index is 13.3. The van der Waals surface area contributed by atoms with Crippen molar-refractivity contribution in [3.63, 3.8) is 0 Å². The summed E-state index contributed by atoms with van der Waals surface area (Å²) in [5, 5.41) is 5.83. The van der Waals surface area contributed by atoms with Gasteiger partial charge in [0.1, 0.15) is 12.7 Å². The molecule has 0 spiro atoms. The van der Waals surface area contributed by atoms with Crippen LogP contribution in [0.2, 0.25) is 0 Å². The lowest BCUT2D eigenvalue weighted by atomic mass is 9.75. The number of carbonyl (C=O) groups is 2. The summed E-state index contributed by atoms with van der Waals surface area (Å²) >= 11 is 0. The summed E-state index contributed by atoms with van der Waals surface area (Å²) in [6, 6.07) is 14.5. The molecule has 0 saturated heterocycles. The molecule has 2 aromatic carbocycles. The molecule has 224 valence electrons. The number of ether oxygens (including phenoxy) is 4. The lowest BCUT2D eigenvalue weighted by Crippen LogP contribution is -2.42. The van der Waals surface area contributed by atoms with Gasteiger partial charge in [0, 0.05) is 6.54 Å². The van der Waals surface area contributed by atoms with Gasteiger partial charge in [0.05, 0.1) is 19.3 Å². The Labute approximate surface area is 244 Å². The topological polar surface area (TPSA) is 95.1 Å². The molecule has 41 heavy (non-hydrogen) atoms. The number of nitrogens with one attached hydrogen (secondary N) is 2. The minimum atomic E-state index is -0.567. The molecule has 2 aliphatic rings. The van der Waals surface area contributed by atoms with Crippen molar-refractivity contribution in [2.45, 2.75) is 90.6 Å². The first-order valence-corrected chi connectivity index (χ1v) is 15.1. The quantitative estimate of drug-likeness (QED) is 0.299. The van der Waals surface area contributed by atoms with Crippen LogP contribution in [-0.4, -0.2) is 38.0 Å². The van der Waals surface area contributed by atoms with Crippen molar-refractivity contribution in [1.29, 1.82) is 0 Å². The molecule has 0 aliphatic heterocycles. The largest absolute Gasteiger partial charge is 0.493 e. The summed E-state index contributed by atoms with van der Waals surface area (Å²) in [6.45, 7) is 6.86. The average Bonchev–Trinajstić information content (AvgIpc) is 3.47. The number of methoxy groups -OCH3 is 1. The number of rotatable bonds is 11. The highest BCUT2D eigenvalue weighted by Gasteiger charge is 2.34. The highest BCUT2D eigenvalue weighted by Crippen LogP contribution is 2.36. The molecule has 2 saturated carbocycles. The molecular formula is C33H46N2O6. The van der Waals surface area contributed by atoms with E-state index < -0.39 is 18.2 Å². The molecule has 8 nitrogen and oxygen atoms in total. The molecule has 0 heterocycles. The molecule has 4 atom stereocenters. The van der Waals surface area contributed by atoms with Gasteiger partial charge >= 0.3 is 12.2 Å². The van der Waals surface area contributed by atoms with Crippen LogP contribution in [0.15, 0.2) is 48.5 Å². The van der Waals surface area contributed by atoms with Gasteiger partial charge in [0.2, 0.25) is 0 Å². The average molecular weight is 567 g/mol. The van der Waals surface area contributed by atoms with E-state index in [0.29, 0.717) is 29.3 Å². The van der Waals surface area contributed by atoms with Crippen molar-refractivity contribution in [2.24, 2.45) is 17.8 Å². The van der Waals surface area contributed by atoms with Crippen LogP contribution in [-0.2, 0) is 16.1 Å². The minimum Gasteiger partial charge on any atom is -0.493 e. The Hall–Kier alpha value is -3.42. The van der Waals surface area contributed by atoms with Crippen molar-refractivity contribution >= 4 is 12.2 Å².